The Balaban J connectivity index is 0. The van der Waals surface area contributed by atoms with E-state index >= 15 is 0 Å². The quantitative estimate of drug-likeness (QED) is 0.452. The number of unbranched alkanes of at least 4 members (excludes halogenated alkanes) is 3. The van der Waals surface area contributed by atoms with E-state index in [1.54, 1.807) is 0 Å². The summed E-state index contributed by atoms with van der Waals surface area (Å²) in [6.07, 6.45) is 14.7. The number of rotatable bonds is 12. The summed E-state index contributed by atoms with van der Waals surface area (Å²) in [5, 5.41) is 0. The molecule has 2 nitrogen and oxygen atoms in total. The average molecular weight is 315 g/mol. The van der Waals surface area contributed by atoms with Crippen LogP contribution in [-0.2, 0) is 0 Å². The second kappa shape index (κ2) is 14.5. The van der Waals surface area contributed by atoms with E-state index in [1.807, 2.05) is 0 Å². The molecule has 0 saturated carbocycles. The van der Waals surface area contributed by atoms with E-state index in [0.717, 1.165) is 19.3 Å². The lowest BCUT2D eigenvalue weighted by molar-refractivity contribution is 0.313. The van der Waals surface area contributed by atoms with Gasteiger partial charge < -0.3 is 11.5 Å². The minimum atomic E-state index is 0.125. The van der Waals surface area contributed by atoms with E-state index in [-0.39, 0.29) is 11.1 Å². The normalized spacial score (nSPS) is 12.0. The van der Waals surface area contributed by atoms with Crippen LogP contribution in [0.1, 0.15) is 119 Å². The van der Waals surface area contributed by atoms with Crippen molar-refractivity contribution in [2.24, 2.45) is 11.5 Å². The van der Waals surface area contributed by atoms with E-state index in [4.69, 9.17) is 11.5 Å². The van der Waals surface area contributed by atoms with Crippen molar-refractivity contribution in [1.82, 2.24) is 0 Å². The van der Waals surface area contributed by atoms with E-state index < -0.39 is 0 Å². The molecule has 22 heavy (non-hydrogen) atoms. The van der Waals surface area contributed by atoms with Gasteiger partial charge >= 0.3 is 0 Å². The van der Waals surface area contributed by atoms with Crippen LogP contribution >= 0.6 is 0 Å². The van der Waals surface area contributed by atoms with Crippen LogP contribution in [0.25, 0.3) is 0 Å². The molecular formula is C20H46N2. The van der Waals surface area contributed by atoms with Gasteiger partial charge in [0.25, 0.3) is 0 Å². The molecule has 0 heterocycles. The molecule has 0 saturated heterocycles. The molecule has 0 aromatic carbocycles. The molecule has 0 bridgehead atoms. The molecule has 0 radical (unpaired) electrons. The molecule has 0 aliphatic carbocycles. The molecule has 0 spiro atoms. The Labute approximate surface area is 141 Å². The average Bonchev–Trinajstić information content (AvgIpc) is 2.56. The van der Waals surface area contributed by atoms with Crippen molar-refractivity contribution in [1.29, 1.82) is 0 Å². The van der Waals surface area contributed by atoms with Crippen molar-refractivity contribution in [3.63, 3.8) is 0 Å². The van der Waals surface area contributed by atoms with E-state index in [9.17, 15) is 0 Å². The predicted molar refractivity (Wildman–Crippen MR) is 103 cm³/mol. The van der Waals surface area contributed by atoms with Crippen LogP contribution in [0.15, 0.2) is 0 Å². The first-order chi connectivity index (χ1) is 10.4. The SMILES string of the molecule is CCC(N)(CC)CC.CCCCC(N)(CCCC)CCCC. The Bertz CT molecular complexity index is 192. The van der Waals surface area contributed by atoms with Crippen LogP contribution in [0.3, 0.4) is 0 Å². The van der Waals surface area contributed by atoms with Gasteiger partial charge in [-0.3, -0.25) is 0 Å². The van der Waals surface area contributed by atoms with Gasteiger partial charge in [0.1, 0.15) is 0 Å². The molecular weight excluding hydrogens is 268 g/mol. The molecule has 0 aromatic heterocycles. The lowest BCUT2D eigenvalue weighted by Gasteiger charge is -2.29. The maximum Gasteiger partial charge on any atom is 0.0154 e. The van der Waals surface area contributed by atoms with Crippen LogP contribution in [0.4, 0.5) is 0 Å². The van der Waals surface area contributed by atoms with Crippen LogP contribution in [0.5, 0.6) is 0 Å². The van der Waals surface area contributed by atoms with Gasteiger partial charge in [0, 0.05) is 11.1 Å². The minimum absolute atomic E-state index is 0.125. The molecule has 136 valence electrons. The molecule has 0 rings (SSSR count). The highest BCUT2D eigenvalue weighted by atomic mass is 14.7. The maximum absolute atomic E-state index is 6.46. The first-order valence-corrected chi connectivity index (χ1v) is 9.94. The van der Waals surface area contributed by atoms with Crippen LogP contribution < -0.4 is 11.5 Å². The summed E-state index contributed by atoms with van der Waals surface area (Å²) >= 11 is 0. The molecule has 0 atom stereocenters. The first-order valence-electron chi connectivity index (χ1n) is 9.94. The summed E-state index contributed by atoms with van der Waals surface area (Å²) in [5.74, 6) is 0. The first kappa shape index (κ1) is 24.2. The highest BCUT2D eigenvalue weighted by molar-refractivity contribution is 4.83. The topological polar surface area (TPSA) is 52.0 Å². The fourth-order valence-electron chi connectivity index (χ4n) is 2.71. The maximum atomic E-state index is 6.46. The standard InChI is InChI=1S/C13H29N.C7H17N/c1-4-7-10-13(14,11-8-5-2)12-9-6-3;1-4-7(8,5-2)6-3/h4-12,14H2,1-3H3;4-6,8H2,1-3H3. The van der Waals surface area contributed by atoms with Crippen molar-refractivity contribution < 1.29 is 0 Å². The molecule has 0 fully saturated rings. The second-order valence-corrected chi connectivity index (χ2v) is 7.10. The van der Waals surface area contributed by atoms with Gasteiger partial charge in [-0.25, -0.2) is 0 Å². The van der Waals surface area contributed by atoms with E-state index in [2.05, 4.69) is 41.5 Å². The molecule has 0 amide bonds. The summed E-state index contributed by atoms with van der Waals surface area (Å²) in [4.78, 5) is 0. The highest BCUT2D eigenvalue weighted by Crippen LogP contribution is 2.24. The van der Waals surface area contributed by atoms with Gasteiger partial charge in [0.15, 0.2) is 0 Å². The largest absolute Gasteiger partial charge is 0.325 e. The Kier molecular flexibility index (Phi) is 15.9. The highest BCUT2D eigenvalue weighted by Gasteiger charge is 2.22. The molecule has 0 aliphatic heterocycles. The molecule has 0 unspecified atom stereocenters. The third-order valence-electron chi connectivity index (χ3n) is 5.20. The van der Waals surface area contributed by atoms with Crippen molar-refractivity contribution in [2.45, 2.75) is 130 Å². The zero-order valence-corrected chi connectivity index (χ0v) is 16.6. The summed E-state index contributed by atoms with van der Waals surface area (Å²) in [7, 11) is 0. The number of hydrogen-bond donors (Lipinski definition) is 2. The van der Waals surface area contributed by atoms with Crippen molar-refractivity contribution >= 4 is 0 Å². The van der Waals surface area contributed by atoms with Gasteiger partial charge in [-0.1, -0.05) is 80.1 Å². The third kappa shape index (κ3) is 12.5. The summed E-state index contributed by atoms with van der Waals surface area (Å²) in [6, 6.07) is 0. The Morgan fingerprint density at radius 2 is 0.773 bits per heavy atom. The Morgan fingerprint density at radius 1 is 0.500 bits per heavy atom. The monoisotopic (exact) mass is 314 g/mol. The fourth-order valence-corrected chi connectivity index (χ4v) is 2.71. The minimum Gasteiger partial charge on any atom is -0.325 e. The summed E-state index contributed by atoms with van der Waals surface area (Å²) in [5.41, 5.74) is 12.6. The number of nitrogens with two attached hydrogens (primary N) is 2. The molecule has 0 aromatic rings. The van der Waals surface area contributed by atoms with Gasteiger partial charge in [-0.15, -0.1) is 0 Å². The van der Waals surface area contributed by atoms with Crippen molar-refractivity contribution in [3.05, 3.63) is 0 Å². The summed E-state index contributed by atoms with van der Waals surface area (Å²) < 4.78 is 0. The Hall–Kier alpha value is -0.0800. The number of hydrogen-bond acceptors (Lipinski definition) is 2. The Morgan fingerprint density at radius 3 is 0.909 bits per heavy atom. The molecule has 0 aliphatic rings. The zero-order valence-electron chi connectivity index (χ0n) is 16.6. The molecule has 2 heteroatoms. The van der Waals surface area contributed by atoms with Gasteiger partial charge in [0.2, 0.25) is 0 Å². The van der Waals surface area contributed by atoms with Crippen molar-refractivity contribution in [3.8, 4) is 0 Å². The fraction of sp³-hybridized carbons (Fsp3) is 1.00. The van der Waals surface area contributed by atoms with Crippen molar-refractivity contribution in [2.75, 3.05) is 0 Å². The lowest BCUT2D eigenvalue weighted by Crippen LogP contribution is -2.39. The zero-order chi connectivity index (χ0) is 17.5. The van der Waals surface area contributed by atoms with E-state index in [1.165, 1.54) is 57.8 Å². The smallest absolute Gasteiger partial charge is 0.0154 e. The van der Waals surface area contributed by atoms with Crippen LogP contribution in [0.2, 0.25) is 0 Å². The molecule has 4 N–H and O–H groups in total. The third-order valence-corrected chi connectivity index (χ3v) is 5.20. The predicted octanol–water partition coefficient (Wildman–Crippen LogP) is 6.17. The second-order valence-electron chi connectivity index (χ2n) is 7.10. The van der Waals surface area contributed by atoms with Gasteiger partial charge in [-0.2, -0.15) is 0 Å². The van der Waals surface area contributed by atoms with Gasteiger partial charge in [0.05, 0.1) is 0 Å². The van der Waals surface area contributed by atoms with Crippen LogP contribution in [0, 0.1) is 0 Å². The van der Waals surface area contributed by atoms with E-state index in [0.29, 0.717) is 0 Å². The van der Waals surface area contributed by atoms with Crippen LogP contribution in [-0.4, -0.2) is 11.1 Å². The lowest BCUT2D eigenvalue weighted by atomic mass is 9.84. The summed E-state index contributed by atoms with van der Waals surface area (Å²) in [6.45, 7) is 13.2. The van der Waals surface area contributed by atoms with Gasteiger partial charge in [-0.05, 0) is 38.5 Å².